The fourth-order valence-electron chi connectivity index (χ4n) is 3.67. The van der Waals surface area contributed by atoms with Crippen molar-refractivity contribution in [2.24, 2.45) is 5.92 Å². The highest BCUT2D eigenvalue weighted by Crippen LogP contribution is 2.24. The van der Waals surface area contributed by atoms with Crippen LogP contribution in [0, 0.1) is 19.8 Å². The van der Waals surface area contributed by atoms with E-state index in [9.17, 15) is 4.79 Å². The van der Waals surface area contributed by atoms with E-state index in [-0.39, 0.29) is 5.63 Å². The Morgan fingerprint density at radius 2 is 2.00 bits per heavy atom. The van der Waals surface area contributed by atoms with E-state index < -0.39 is 0 Å². The summed E-state index contributed by atoms with van der Waals surface area (Å²) in [6, 6.07) is 6.56. The average Bonchev–Trinajstić information content (AvgIpc) is 2.50. The zero-order valence-corrected chi connectivity index (χ0v) is 13.8. The first kappa shape index (κ1) is 15.3. The maximum Gasteiger partial charge on any atom is 0.336 e. The fourth-order valence-corrected chi connectivity index (χ4v) is 3.67. The molecule has 2 N–H and O–H groups in total. The number of aryl methyl sites for hydroxylation is 2. The molecule has 2 atom stereocenters. The number of quaternary nitrogens is 1. The summed E-state index contributed by atoms with van der Waals surface area (Å²) >= 11 is 0. The second-order valence-electron chi connectivity index (χ2n) is 6.84. The molecule has 0 bridgehead atoms. The minimum Gasteiger partial charge on any atom is -0.422 e. The quantitative estimate of drug-likeness (QED) is 0.886. The maximum atomic E-state index is 11.9. The van der Waals surface area contributed by atoms with Crippen LogP contribution in [-0.4, -0.2) is 6.04 Å². The van der Waals surface area contributed by atoms with Gasteiger partial charge in [0.15, 0.2) is 0 Å². The van der Waals surface area contributed by atoms with Gasteiger partial charge in [0.1, 0.15) is 12.1 Å². The lowest BCUT2D eigenvalue weighted by Crippen LogP contribution is -2.90. The topological polar surface area (TPSA) is 46.8 Å². The first-order chi connectivity index (χ1) is 10.6. The summed E-state index contributed by atoms with van der Waals surface area (Å²) in [6.07, 6.45) is 5.32. The van der Waals surface area contributed by atoms with Crippen molar-refractivity contribution in [3.63, 3.8) is 0 Å². The highest BCUT2D eigenvalue weighted by molar-refractivity contribution is 5.83. The highest BCUT2D eigenvalue weighted by Gasteiger charge is 2.24. The molecule has 0 saturated heterocycles. The van der Waals surface area contributed by atoms with Crippen molar-refractivity contribution in [3.8, 4) is 0 Å². The van der Waals surface area contributed by atoms with Gasteiger partial charge in [-0.05, 0) is 44.2 Å². The lowest BCUT2D eigenvalue weighted by molar-refractivity contribution is -0.712. The molecular weight excluding hydrogens is 274 g/mol. The molecule has 3 rings (SSSR count). The minimum atomic E-state index is -0.235. The molecular formula is C19H26NO2+. The maximum absolute atomic E-state index is 11.9. The van der Waals surface area contributed by atoms with Gasteiger partial charge in [-0.25, -0.2) is 4.79 Å². The first-order valence-corrected chi connectivity index (χ1v) is 8.42. The van der Waals surface area contributed by atoms with Crippen LogP contribution >= 0.6 is 0 Å². The van der Waals surface area contributed by atoms with Gasteiger partial charge in [-0.15, -0.1) is 0 Å². The van der Waals surface area contributed by atoms with E-state index in [0.717, 1.165) is 40.1 Å². The monoisotopic (exact) mass is 300 g/mol. The van der Waals surface area contributed by atoms with Crippen LogP contribution in [0.5, 0.6) is 0 Å². The summed E-state index contributed by atoms with van der Waals surface area (Å²) in [7, 11) is 0. The van der Waals surface area contributed by atoms with E-state index in [0.29, 0.717) is 6.04 Å². The van der Waals surface area contributed by atoms with Crippen LogP contribution in [0.1, 0.15) is 49.3 Å². The smallest absolute Gasteiger partial charge is 0.336 e. The first-order valence-electron chi connectivity index (χ1n) is 8.42. The molecule has 0 amide bonds. The van der Waals surface area contributed by atoms with Crippen molar-refractivity contribution >= 4 is 11.0 Å². The van der Waals surface area contributed by atoms with E-state index in [1.54, 1.807) is 6.07 Å². The van der Waals surface area contributed by atoms with E-state index >= 15 is 0 Å². The van der Waals surface area contributed by atoms with Crippen molar-refractivity contribution in [2.45, 2.75) is 59.0 Å². The zero-order chi connectivity index (χ0) is 15.7. The van der Waals surface area contributed by atoms with Crippen LogP contribution in [0.4, 0.5) is 0 Å². The average molecular weight is 300 g/mol. The second kappa shape index (κ2) is 6.25. The van der Waals surface area contributed by atoms with Crippen LogP contribution in [0.25, 0.3) is 11.0 Å². The van der Waals surface area contributed by atoms with Crippen molar-refractivity contribution < 1.29 is 9.73 Å². The standard InChI is InChI=1S/C19H25NO2/c1-12-8-9-16-15(10-18(21)22-19(16)14(12)3)11-20-17-7-5-4-6-13(17)2/h8-10,13,17,20H,4-7,11H2,1-3H3/p+1/t13-,17-/m1/s1. The van der Waals surface area contributed by atoms with Crippen LogP contribution < -0.4 is 10.9 Å². The number of hydrogen-bond donors (Lipinski definition) is 1. The molecule has 0 spiro atoms. The van der Waals surface area contributed by atoms with Crippen molar-refractivity contribution in [3.05, 3.63) is 45.3 Å². The van der Waals surface area contributed by atoms with Crippen molar-refractivity contribution in [2.75, 3.05) is 0 Å². The summed E-state index contributed by atoms with van der Waals surface area (Å²) in [4.78, 5) is 11.9. The minimum absolute atomic E-state index is 0.235. The number of nitrogens with two attached hydrogens (primary N) is 1. The normalized spacial score (nSPS) is 22.1. The Bertz CT molecular complexity index is 732. The molecule has 1 aromatic heterocycles. The van der Waals surface area contributed by atoms with Crippen LogP contribution in [0.3, 0.4) is 0 Å². The lowest BCUT2D eigenvalue weighted by Gasteiger charge is -2.26. The predicted octanol–water partition coefficient (Wildman–Crippen LogP) is 3.05. The largest absolute Gasteiger partial charge is 0.422 e. The van der Waals surface area contributed by atoms with Crippen LogP contribution in [-0.2, 0) is 6.54 Å². The van der Waals surface area contributed by atoms with Gasteiger partial charge >= 0.3 is 5.63 Å². The molecule has 1 heterocycles. The van der Waals surface area contributed by atoms with Crippen molar-refractivity contribution in [1.29, 1.82) is 0 Å². The number of hydrogen-bond acceptors (Lipinski definition) is 2. The Balaban J connectivity index is 1.90. The van der Waals surface area contributed by atoms with Gasteiger partial charge in [0.2, 0.25) is 0 Å². The molecule has 118 valence electrons. The summed E-state index contributed by atoms with van der Waals surface area (Å²) in [5.41, 5.74) is 3.86. The van der Waals surface area contributed by atoms with E-state index in [2.05, 4.69) is 31.3 Å². The summed E-state index contributed by atoms with van der Waals surface area (Å²) < 4.78 is 5.46. The Hall–Kier alpha value is -1.61. The summed E-state index contributed by atoms with van der Waals surface area (Å²) in [5, 5.41) is 3.51. The molecule has 1 aliphatic rings. The number of rotatable bonds is 3. The Morgan fingerprint density at radius 1 is 1.23 bits per heavy atom. The molecule has 22 heavy (non-hydrogen) atoms. The second-order valence-corrected chi connectivity index (χ2v) is 6.84. The van der Waals surface area contributed by atoms with Gasteiger partial charge in [-0.1, -0.05) is 25.5 Å². The van der Waals surface area contributed by atoms with E-state index in [1.807, 2.05) is 6.92 Å². The molecule has 3 heteroatoms. The molecule has 3 nitrogen and oxygen atoms in total. The lowest BCUT2D eigenvalue weighted by atomic mass is 9.86. The van der Waals surface area contributed by atoms with Gasteiger partial charge in [-0.2, -0.15) is 0 Å². The van der Waals surface area contributed by atoms with Crippen LogP contribution in [0.2, 0.25) is 0 Å². The van der Waals surface area contributed by atoms with Gasteiger partial charge in [-0.3, -0.25) is 0 Å². The number of fused-ring (bicyclic) bond motifs is 1. The molecule has 0 radical (unpaired) electrons. The Labute approximate surface area is 131 Å². The molecule has 1 fully saturated rings. The third-order valence-corrected chi connectivity index (χ3v) is 5.34. The van der Waals surface area contributed by atoms with Gasteiger partial charge in [0.05, 0.1) is 6.04 Å². The molecule has 1 saturated carbocycles. The van der Waals surface area contributed by atoms with Gasteiger partial charge in [0.25, 0.3) is 0 Å². The highest BCUT2D eigenvalue weighted by atomic mass is 16.4. The molecule has 1 aliphatic carbocycles. The Morgan fingerprint density at radius 3 is 2.77 bits per heavy atom. The van der Waals surface area contributed by atoms with Gasteiger partial charge in [0, 0.05) is 22.9 Å². The molecule has 0 aliphatic heterocycles. The predicted molar refractivity (Wildman–Crippen MR) is 89.0 cm³/mol. The van der Waals surface area contributed by atoms with E-state index in [4.69, 9.17) is 4.42 Å². The number of benzene rings is 1. The van der Waals surface area contributed by atoms with E-state index in [1.165, 1.54) is 25.7 Å². The fraction of sp³-hybridized carbons (Fsp3) is 0.526. The third kappa shape index (κ3) is 2.95. The zero-order valence-electron chi connectivity index (χ0n) is 13.8. The third-order valence-electron chi connectivity index (χ3n) is 5.34. The molecule has 1 aromatic carbocycles. The summed E-state index contributed by atoms with van der Waals surface area (Å²) in [6.45, 7) is 7.29. The SMILES string of the molecule is Cc1ccc2c(C[NH2+][C@@H]3CCCC[C@H]3C)cc(=O)oc2c1C. The van der Waals surface area contributed by atoms with Gasteiger partial charge < -0.3 is 9.73 Å². The van der Waals surface area contributed by atoms with Crippen molar-refractivity contribution in [1.82, 2.24) is 0 Å². The Kier molecular flexibility index (Phi) is 4.34. The molecule has 0 unspecified atom stereocenters. The molecule has 2 aromatic rings. The van der Waals surface area contributed by atoms with Crippen LogP contribution in [0.15, 0.2) is 27.4 Å². The summed E-state index contributed by atoms with van der Waals surface area (Å²) in [5.74, 6) is 0.768.